The molecule has 2 aromatic carbocycles. The number of rotatable bonds is 6. The third-order valence-electron chi connectivity index (χ3n) is 9.28. The maximum absolute atomic E-state index is 13.9. The second kappa shape index (κ2) is 14.7. The van der Waals surface area contributed by atoms with Gasteiger partial charge < -0.3 is 25.6 Å². The predicted octanol–water partition coefficient (Wildman–Crippen LogP) is 2.94. The Hall–Kier alpha value is -3.98. The molecule has 0 saturated carbocycles. The highest BCUT2D eigenvalue weighted by Crippen LogP contribution is 2.36. The van der Waals surface area contributed by atoms with Crippen molar-refractivity contribution in [1.82, 2.24) is 20.9 Å². The van der Waals surface area contributed by atoms with Gasteiger partial charge in [0.2, 0.25) is 23.6 Å². The fraction of sp³-hybridized carbons (Fsp3) is 0.486. The normalized spacial score (nSPS) is 25.3. The van der Waals surface area contributed by atoms with E-state index in [1.165, 1.54) is 6.92 Å². The van der Waals surface area contributed by atoms with Gasteiger partial charge in [-0.3, -0.25) is 19.2 Å². The molecule has 3 heterocycles. The van der Waals surface area contributed by atoms with E-state index < -0.39 is 17.5 Å². The number of carbonyl (C=O) groups is 4. The summed E-state index contributed by atoms with van der Waals surface area (Å²) in [5.41, 5.74) is 1.32. The van der Waals surface area contributed by atoms with E-state index in [9.17, 15) is 19.2 Å². The lowest BCUT2D eigenvalue weighted by Gasteiger charge is -2.41. The summed E-state index contributed by atoms with van der Waals surface area (Å²) in [5, 5.41) is 9.25. The number of piperidine rings is 1. The summed E-state index contributed by atoms with van der Waals surface area (Å²) in [6.07, 6.45) is 8.01. The Labute approximate surface area is 259 Å². The number of hydrogen-bond acceptors (Lipinski definition) is 5. The van der Waals surface area contributed by atoms with Crippen LogP contribution in [0.4, 0.5) is 0 Å². The van der Waals surface area contributed by atoms with Gasteiger partial charge in [0.25, 0.3) is 0 Å². The zero-order valence-corrected chi connectivity index (χ0v) is 25.5. The van der Waals surface area contributed by atoms with Crippen molar-refractivity contribution in [3.63, 3.8) is 0 Å². The van der Waals surface area contributed by atoms with Crippen LogP contribution >= 0.6 is 0 Å². The molecule has 5 rings (SSSR count). The predicted molar refractivity (Wildman–Crippen MR) is 167 cm³/mol. The summed E-state index contributed by atoms with van der Waals surface area (Å²) >= 11 is 0. The van der Waals surface area contributed by atoms with Gasteiger partial charge in [-0.05, 0) is 43.2 Å². The highest BCUT2D eigenvalue weighted by Gasteiger charge is 2.42. The maximum Gasteiger partial charge on any atom is 0.245 e. The molecule has 2 aromatic rings. The molecule has 9 heteroatoms. The van der Waals surface area contributed by atoms with Gasteiger partial charge in [-0.2, -0.15) is 0 Å². The minimum absolute atomic E-state index is 0.0132. The van der Waals surface area contributed by atoms with E-state index in [-0.39, 0.29) is 35.6 Å². The molecule has 4 amide bonds. The van der Waals surface area contributed by atoms with E-state index in [2.05, 4.69) is 28.1 Å². The van der Waals surface area contributed by atoms with Crippen LogP contribution in [-0.4, -0.2) is 73.0 Å². The van der Waals surface area contributed by atoms with Gasteiger partial charge >= 0.3 is 0 Å². The highest BCUT2D eigenvalue weighted by atomic mass is 16.5. The van der Waals surface area contributed by atoms with Crippen molar-refractivity contribution in [1.29, 1.82) is 0 Å². The van der Waals surface area contributed by atoms with E-state index in [4.69, 9.17) is 4.74 Å². The standard InChI is InChI=1S/C35H44N4O5/c1-25(40)36-31(23-27-12-6-3-7-13-27)33(42)39-19-15-29-28(24-39)14-8-9-16-35(17-20-44-21-18-35)34(43)38-30(32(41)37-29)22-26-10-4-2-5-11-26/h2-13,28-31H,14-24H2,1H3,(H,36,40)(H,37,41)(H,38,43)/b9-8+/t28-,29+,30+,31+/m1/s1. The molecule has 3 aliphatic heterocycles. The van der Waals surface area contributed by atoms with Gasteiger partial charge in [0.05, 0.1) is 5.41 Å². The first-order valence-electron chi connectivity index (χ1n) is 15.8. The van der Waals surface area contributed by atoms with Crippen LogP contribution in [0.1, 0.15) is 50.2 Å². The number of hydrogen-bond donors (Lipinski definition) is 3. The number of amides is 4. The van der Waals surface area contributed by atoms with Gasteiger partial charge in [0.1, 0.15) is 12.1 Å². The molecular formula is C35H44N4O5. The van der Waals surface area contributed by atoms with Crippen LogP contribution in [-0.2, 0) is 36.8 Å². The number of carbonyl (C=O) groups excluding carboxylic acids is 4. The van der Waals surface area contributed by atoms with Crippen molar-refractivity contribution in [2.24, 2.45) is 11.3 Å². The lowest BCUT2D eigenvalue weighted by molar-refractivity contribution is -0.141. The fourth-order valence-corrected chi connectivity index (χ4v) is 6.70. The molecule has 3 aliphatic rings. The quantitative estimate of drug-likeness (QED) is 0.441. The average molecular weight is 601 g/mol. The molecular weight excluding hydrogens is 556 g/mol. The maximum atomic E-state index is 13.9. The summed E-state index contributed by atoms with van der Waals surface area (Å²) in [6, 6.07) is 17.9. The van der Waals surface area contributed by atoms with Crippen molar-refractivity contribution in [3.8, 4) is 0 Å². The second-order valence-corrected chi connectivity index (χ2v) is 12.4. The van der Waals surface area contributed by atoms with E-state index in [1.54, 1.807) is 0 Å². The highest BCUT2D eigenvalue weighted by molar-refractivity contribution is 5.91. The van der Waals surface area contributed by atoms with Crippen molar-refractivity contribution in [2.45, 2.75) is 70.0 Å². The van der Waals surface area contributed by atoms with Crippen LogP contribution in [0.5, 0.6) is 0 Å². The van der Waals surface area contributed by atoms with Gasteiger partial charge in [0, 0.05) is 58.0 Å². The second-order valence-electron chi connectivity index (χ2n) is 12.4. The van der Waals surface area contributed by atoms with Crippen LogP contribution in [0.2, 0.25) is 0 Å². The summed E-state index contributed by atoms with van der Waals surface area (Å²) in [5.74, 6) is -0.672. The molecule has 4 atom stereocenters. The fourth-order valence-electron chi connectivity index (χ4n) is 6.70. The molecule has 2 saturated heterocycles. The molecule has 0 aliphatic carbocycles. The van der Waals surface area contributed by atoms with E-state index in [1.807, 2.05) is 65.6 Å². The van der Waals surface area contributed by atoms with Gasteiger partial charge in [-0.1, -0.05) is 72.8 Å². The number of benzene rings is 2. The molecule has 0 aromatic heterocycles. The van der Waals surface area contributed by atoms with Crippen LogP contribution in [0, 0.1) is 11.3 Å². The number of ether oxygens (including phenoxy) is 1. The number of nitrogens with one attached hydrogen (secondary N) is 3. The molecule has 9 nitrogen and oxygen atoms in total. The first-order chi connectivity index (χ1) is 21.3. The van der Waals surface area contributed by atoms with E-state index >= 15 is 0 Å². The zero-order chi connectivity index (χ0) is 30.9. The Morgan fingerprint density at radius 1 is 0.977 bits per heavy atom. The van der Waals surface area contributed by atoms with Crippen LogP contribution in [0.25, 0.3) is 0 Å². The molecule has 0 bridgehead atoms. The number of nitrogens with zero attached hydrogens (tertiary/aromatic N) is 1. The summed E-state index contributed by atoms with van der Waals surface area (Å²) in [4.78, 5) is 55.3. The Kier molecular flexibility index (Phi) is 10.5. The minimum atomic E-state index is -0.719. The Bertz CT molecular complexity index is 1330. The summed E-state index contributed by atoms with van der Waals surface area (Å²) < 4.78 is 5.60. The van der Waals surface area contributed by atoms with Gasteiger partial charge in [0.15, 0.2) is 0 Å². The number of fused-ring (bicyclic) bond motifs is 1. The molecule has 2 fully saturated rings. The van der Waals surface area contributed by atoms with Crippen LogP contribution in [0.15, 0.2) is 72.8 Å². The molecule has 44 heavy (non-hydrogen) atoms. The van der Waals surface area contributed by atoms with E-state index in [0.717, 1.165) is 11.1 Å². The first-order valence-corrected chi connectivity index (χ1v) is 15.8. The molecule has 234 valence electrons. The Morgan fingerprint density at radius 2 is 1.66 bits per heavy atom. The lowest BCUT2D eigenvalue weighted by Crippen LogP contribution is -2.60. The average Bonchev–Trinajstić information content (AvgIpc) is 3.03. The number of likely N-dealkylation sites (tertiary alicyclic amines) is 1. The summed E-state index contributed by atoms with van der Waals surface area (Å²) in [6.45, 7) is 3.38. The Balaban J connectivity index is 1.36. The Morgan fingerprint density at radius 3 is 2.34 bits per heavy atom. The van der Waals surface area contributed by atoms with Gasteiger partial charge in [-0.15, -0.1) is 0 Å². The summed E-state index contributed by atoms with van der Waals surface area (Å²) in [7, 11) is 0. The third-order valence-corrected chi connectivity index (χ3v) is 9.28. The third kappa shape index (κ3) is 7.94. The topological polar surface area (TPSA) is 117 Å². The van der Waals surface area contributed by atoms with Crippen LogP contribution < -0.4 is 16.0 Å². The van der Waals surface area contributed by atoms with E-state index in [0.29, 0.717) is 71.2 Å². The van der Waals surface area contributed by atoms with Crippen LogP contribution in [0.3, 0.4) is 0 Å². The van der Waals surface area contributed by atoms with Gasteiger partial charge in [-0.25, -0.2) is 0 Å². The molecule has 3 N–H and O–H groups in total. The van der Waals surface area contributed by atoms with Crippen molar-refractivity contribution in [2.75, 3.05) is 26.3 Å². The monoisotopic (exact) mass is 600 g/mol. The lowest BCUT2D eigenvalue weighted by atomic mass is 9.75. The van der Waals surface area contributed by atoms with Crippen molar-refractivity contribution >= 4 is 23.6 Å². The SMILES string of the molecule is CC(=O)N[C@@H](Cc1ccccc1)C(=O)N1CC[C@@H]2NC(=O)[C@H](Cc3ccccc3)NC(=O)C3(C/C=C/C[C@@H]2C1)CCOCC3. The smallest absolute Gasteiger partial charge is 0.245 e. The molecule has 1 spiro atoms. The van der Waals surface area contributed by atoms with Crippen molar-refractivity contribution in [3.05, 3.63) is 83.9 Å². The molecule has 0 unspecified atom stereocenters. The molecule has 0 radical (unpaired) electrons. The number of allylic oxidation sites excluding steroid dienone is 2. The minimum Gasteiger partial charge on any atom is -0.381 e. The zero-order valence-electron chi connectivity index (χ0n) is 25.5. The largest absolute Gasteiger partial charge is 0.381 e. The van der Waals surface area contributed by atoms with Crippen molar-refractivity contribution < 1.29 is 23.9 Å². The first kappa shape index (κ1) is 31.4.